The maximum absolute atomic E-state index is 2.57. The maximum atomic E-state index is 2.57. The van der Waals surface area contributed by atoms with Crippen LogP contribution < -0.4 is 9.80 Å². The SMILES string of the molecule is CC1(C)c2ccccc2-c2ccc(N(c3ccccc3)c3ccc4c(c3)C(C)(C)c3cc5c6c(cccc6c3-4)C(C)(C)c3cc(N(c4ccccc4)c4ccc6c(c4)C(C)(C)c4ccccc4-6)ccc3-5)cc21. The van der Waals surface area contributed by atoms with Gasteiger partial charge >= 0.3 is 0 Å². The highest BCUT2D eigenvalue weighted by Crippen LogP contribution is 2.59. The van der Waals surface area contributed by atoms with Crippen LogP contribution in [0.5, 0.6) is 0 Å². The van der Waals surface area contributed by atoms with Crippen molar-refractivity contribution in [3.8, 4) is 44.5 Å². The maximum Gasteiger partial charge on any atom is 0.0465 e. The van der Waals surface area contributed by atoms with Crippen molar-refractivity contribution in [3.05, 3.63) is 251 Å². The molecular weight excluding hydrogens is 869 g/mol. The summed E-state index contributed by atoms with van der Waals surface area (Å²) in [6.45, 7) is 19.2. The molecule has 10 aromatic carbocycles. The molecule has 0 unspecified atom stereocenters. The first-order valence-corrected chi connectivity index (χ1v) is 25.8. The van der Waals surface area contributed by atoms with Gasteiger partial charge in [0.2, 0.25) is 0 Å². The summed E-state index contributed by atoms with van der Waals surface area (Å²) in [5.41, 5.74) is 28.0. The van der Waals surface area contributed by atoms with Gasteiger partial charge in [-0.15, -0.1) is 0 Å². The highest BCUT2D eigenvalue weighted by Gasteiger charge is 2.43. The summed E-state index contributed by atoms with van der Waals surface area (Å²) >= 11 is 0. The van der Waals surface area contributed by atoms with Crippen molar-refractivity contribution in [2.75, 3.05) is 9.80 Å². The van der Waals surface area contributed by atoms with Crippen molar-refractivity contribution in [2.45, 2.75) is 77.0 Å². The fourth-order valence-corrected chi connectivity index (χ4v) is 13.8. The molecule has 0 heterocycles. The van der Waals surface area contributed by atoms with Crippen molar-refractivity contribution in [2.24, 2.45) is 0 Å². The predicted octanol–water partition coefficient (Wildman–Crippen LogP) is 19.0. The van der Waals surface area contributed by atoms with Gasteiger partial charge < -0.3 is 9.80 Å². The van der Waals surface area contributed by atoms with Gasteiger partial charge in [0.25, 0.3) is 0 Å². The Morgan fingerprint density at radius 3 is 1.06 bits per heavy atom. The van der Waals surface area contributed by atoms with Crippen molar-refractivity contribution >= 4 is 44.9 Å². The van der Waals surface area contributed by atoms with Crippen molar-refractivity contribution in [1.29, 1.82) is 0 Å². The first-order chi connectivity index (χ1) is 34.7. The Balaban J connectivity index is 0.902. The minimum Gasteiger partial charge on any atom is -0.310 e. The molecule has 0 atom stereocenters. The Bertz CT molecular complexity index is 3920. The van der Waals surface area contributed by atoms with Gasteiger partial charge in [-0.05, 0) is 179 Å². The zero-order chi connectivity index (χ0) is 49.1. The van der Waals surface area contributed by atoms with Gasteiger partial charge in [0.15, 0.2) is 0 Å². The highest BCUT2D eigenvalue weighted by atomic mass is 15.1. The lowest BCUT2D eigenvalue weighted by atomic mass is 9.67. The van der Waals surface area contributed by atoms with E-state index < -0.39 is 0 Å². The Morgan fingerprint density at radius 1 is 0.236 bits per heavy atom. The third kappa shape index (κ3) is 5.78. The molecule has 0 saturated carbocycles. The van der Waals surface area contributed by atoms with E-state index in [0.29, 0.717) is 0 Å². The number of benzene rings is 10. The number of anilines is 6. The molecule has 0 radical (unpaired) electrons. The predicted molar refractivity (Wildman–Crippen MR) is 304 cm³/mol. The van der Waals surface area contributed by atoms with E-state index in [1.54, 1.807) is 0 Å². The lowest BCUT2D eigenvalue weighted by molar-refractivity contribution is 0.644. The first-order valence-electron chi connectivity index (χ1n) is 25.8. The molecule has 4 aliphatic rings. The fourth-order valence-electron chi connectivity index (χ4n) is 13.8. The summed E-state index contributed by atoms with van der Waals surface area (Å²) in [5, 5.41) is 2.72. The molecule has 72 heavy (non-hydrogen) atoms. The molecule has 0 aliphatic heterocycles. The standard InChI is InChI=1S/C70H58N2/c1-67(2)57-27-17-15-24-49(57)51-34-30-45(38-60(51)67)71(43-20-11-9-12-21-43)47-32-36-53-56-42-64-65(55-26-19-29-59(66(55)56)69(5,6)62(53)40-47)54-37-33-48(41-63(54)70(64,7)8)72(44-22-13-10-14-23-44)46-31-35-52-50-25-16-18-28-58(50)68(3,4)61(52)39-46/h9-42H,1-8H3. The van der Waals surface area contributed by atoms with E-state index in [9.17, 15) is 0 Å². The van der Waals surface area contributed by atoms with Crippen LogP contribution in [0, 0.1) is 0 Å². The largest absolute Gasteiger partial charge is 0.310 e. The van der Waals surface area contributed by atoms with Crippen LogP contribution in [0.1, 0.15) is 99.9 Å². The van der Waals surface area contributed by atoms with Gasteiger partial charge in [-0.25, -0.2) is 0 Å². The number of hydrogen-bond acceptors (Lipinski definition) is 2. The van der Waals surface area contributed by atoms with E-state index in [0.717, 1.165) is 17.1 Å². The monoisotopic (exact) mass is 926 g/mol. The normalized spacial score (nSPS) is 15.9. The number of nitrogens with zero attached hydrogens (tertiary/aromatic N) is 2. The molecular formula is C70H58N2. The smallest absolute Gasteiger partial charge is 0.0465 e. The molecule has 0 N–H and O–H groups in total. The minimum atomic E-state index is -0.265. The molecule has 2 nitrogen and oxygen atoms in total. The van der Waals surface area contributed by atoms with Gasteiger partial charge in [0.05, 0.1) is 0 Å². The van der Waals surface area contributed by atoms with Gasteiger partial charge in [-0.2, -0.15) is 0 Å². The molecule has 14 rings (SSSR count). The highest BCUT2D eigenvalue weighted by molar-refractivity contribution is 6.13. The van der Waals surface area contributed by atoms with Crippen LogP contribution in [-0.4, -0.2) is 0 Å². The summed E-state index contributed by atoms with van der Waals surface area (Å²) in [6.07, 6.45) is 0. The number of fused-ring (bicyclic) bond motifs is 12. The Morgan fingerprint density at radius 2 is 0.583 bits per heavy atom. The number of rotatable bonds is 6. The van der Waals surface area contributed by atoms with E-state index in [2.05, 4.69) is 271 Å². The van der Waals surface area contributed by atoms with Crippen molar-refractivity contribution in [1.82, 2.24) is 0 Å². The van der Waals surface area contributed by atoms with Crippen LogP contribution in [0.2, 0.25) is 0 Å². The Hall–Kier alpha value is -7.94. The molecule has 0 amide bonds. The summed E-state index contributed by atoms with van der Waals surface area (Å²) in [4.78, 5) is 4.93. The van der Waals surface area contributed by atoms with Gasteiger partial charge in [-0.1, -0.05) is 183 Å². The first kappa shape index (κ1) is 42.9. The Kier molecular flexibility index (Phi) is 8.82. The summed E-state index contributed by atoms with van der Waals surface area (Å²) in [7, 11) is 0. The van der Waals surface area contributed by atoms with Crippen LogP contribution in [0.15, 0.2) is 206 Å². The topological polar surface area (TPSA) is 6.48 Å². The fraction of sp³-hybridized carbons (Fsp3) is 0.171. The molecule has 348 valence electrons. The summed E-state index contributed by atoms with van der Waals surface area (Å²) < 4.78 is 0. The van der Waals surface area contributed by atoms with Crippen LogP contribution in [-0.2, 0) is 21.7 Å². The molecule has 0 spiro atoms. The molecule has 2 heteroatoms. The molecule has 0 aromatic heterocycles. The van der Waals surface area contributed by atoms with E-state index >= 15 is 0 Å². The van der Waals surface area contributed by atoms with E-state index in [-0.39, 0.29) is 21.7 Å². The lowest BCUT2D eigenvalue weighted by Gasteiger charge is -2.37. The molecule has 0 saturated heterocycles. The van der Waals surface area contributed by atoms with Crippen molar-refractivity contribution < 1.29 is 0 Å². The van der Waals surface area contributed by atoms with Crippen LogP contribution in [0.3, 0.4) is 0 Å². The van der Waals surface area contributed by atoms with Crippen molar-refractivity contribution in [3.63, 3.8) is 0 Å². The summed E-state index contributed by atoms with van der Waals surface area (Å²) in [6, 6.07) is 78.1. The molecule has 4 aliphatic carbocycles. The van der Waals surface area contributed by atoms with Crippen LogP contribution >= 0.6 is 0 Å². The second kappa shape index (κ2) is 14.8. The van der Waals surface area contributed by atoms with E-state index in [1.165, 1.54) is 117 Å². The average Bonchev–Trinajstić information content (AvgIpc) is 3.88. The second-order valence-electron chi connectivity index (χ2n) is 22.9. The van der Waals surface area contributed by atoms with Crippen LogP contribution in [0.25, 0.3) is 55.3 Å². The molecule has 0 fully saturated rings. The minimum absolute atomic E-state index is 0.101. The number of para-hydroxylation sites is 2. The third-order valence-electron chi connectivity index (χ3n) is 17.6. The Labute approximate surface area is 424 Å². The van der Waals surface area contributed by atoms with Gasteiger partial charge in [0, 0.05) is 55.8 Å². The summed E-state index contributed by atoms with van der Waals surface area (Å²) in [5.74, 6) is 0. The van der Waals surface area contributed by atoms with Gasteiger partial charge in [0.1, 0.15) is 0 Å². The zero-order valence-electron chi connectivity index (χ0n) is 42.5. The quantitative estimate of drug-likeness (QED) is 0.164. The van der Waals surface area contributed by atoms with Crippen LogP contribution in [0.4, 0.5) is 34.1 Å². The number of hydrogen-bond donors (Lipinski definition) is 0. The average molecular weight is 927 g/mol. The third-order valence-corrected chi connectivity index (χ3v) is 17.6. The lowest BCUT2D eigenvalue weighted by Crippen LogP contribution is -2.25. The van der Waals surface area contributed by atoms with E-state index in [1.807, 2.05) is 0 Å². The zero-order valence-corrected chi connectivity index (χ0v) is 42.5. The van der Waals surface area contributed by atoms with E-state index in [4.69, 9.17) is 0 Å². The van der Waals surface area contributed by atoms with Gasteiger partial charge in [-0.3, -0.25) is 0 Å². The molecule has 0 bridgehead atoms. The second-order valence-corrected chi connectivity index (χ2v) is 22.9. The molecule has 10 aromatic rings.